The summed E-state index contributed by atoms with van der Waals surface area (Å²) in [6.45, 7) is 0.740. The van der Waals surface area contributed by atoms with Crippen LogP contribution in [0.15, 0.2) is 84.1 Å². The third-order valence-corrected chi connectivity index (χ3v) is 5.37. The van der Waals surface area contributed by atoms with Gasteiger partial charge in [0.05, 0.1) is 18.9 Å². The number of hydrogen-bond acceptors (Lipinski definition) is 4. The molecule has 0 bridgehead atoms. The van der Waals surface area contributed by atoms with Crippen LogP contribution < -0.4 is 15.1 Å². The number of hydroxylamine groups is 1. The number of aliphatic imine (C=N–C) groups is 1. The molecule has 1 aliphatic rings. The van der Waals surface area contributed by atoms with Gasteiger partial charge < -0.3 is 9.64 Å². The molecule has 0 saturated heterocycles. The molecule has 0 unspecified atom stereocenters. The summed E-state index contributed by atoms with van der Waals surface area (Å²) in [5, 5.41) is 0. The number of ether oxygens (including phenoxy) is 1. The van der Waals surface area contributed by atoms with Gasteiger partial charge in [0, 0.05) is 24.6 Å². The van der Waals surface area contributed by atoms with Crippen LogP contribution in [0.25, 0.3) is 0 Å². The predicted octanol–water partition coefficient (Wildman–Crippen LogP) is 4.90. The number of pyridine rings is 1. The summed E-state index contributed by atoms with van der Waals surface area (Å²) in [5.41, 5.74) is 6.26. The Morgan fingerprint density at radius 1 is 1.03 bits per heavy atom. The smallest absolute Gasteiger partial charge is 0.228 e. The molecule has 1 fully saturated rings. The van der Waals surface area contributed by atoms with E-state index in [1.54, 1.807) is 7.11 Å². The summed E-state index contributed by atoms with van der Waals surface area (Å²) < 4.78 is 5.28. The van der Waals surface area contributed by atoms with E-state index in [9.17, 15) is 0 Å². The summed E-state index contributed by atoms with van der Waals surface area (Å²) in [6.07, 6.45) is 8.10. The highest BCUT2D eigenvalue weighted by atomic mass is 16.7. The number of nitrogens with one attached hydrogen (secondary N) is 1. The van der Waals surface area contributed by atoms with Crippen LogP contribution in [0.3, 0.4) is 0 Å². The fourth-order valence-electron chi connectivity index (χ4n) is 3.30. The zero-order valence-electron chi connectivity index (χ0n) is 17.8. The molecule has 6 heteroatoms. The maximum atomic E-state index is 5.95. The van der Waals surface area contributed by atoms with Crippen LogP contribution in [0.4, 0.5) is 11.4 Å². The lowest BCUT2D eigenvalue weighted by atomic mass is 9.97. The molecule has 1 aromatic heterocycles. The highest BCUT2D eigenvalue weighted by molar-refractivity contribution is 5.97. The molecule has 0 amide bonds. The molecule has 160 valence electrons. The lowest BCUT2D eigenvalue weighted by Gasteiger charge is -2.30. The number of rotatable bonds is 8. The predicted molar refractivity (Wildman–Crippen MR) is 124 cm³/mol. The number of methoxy groups -OCH3 is 1. The first-order valence-electron chi connectivity index (χ1n) is 10.7. The van der Waals surface area contributed by atoms with E-state index in [-0.39, 0.29) is 6.10 Å². The average Bonchev–Trinajstić information content (AvgIpc) is 2.80. The molecule has 4 rings (SSSR count). The number of guanidine groups is 1. The van der Waals surface area contributed by atoms with Gasteiger partial charge in [-0.3, -0.25) is 9.82 Å². The molecule has 0 aliphatic heterocycles. The SMILES string of the molecule is COc1ccc(N=C(NOC2CCC2)N(CCc2ccncc2)c2ccccc2)cc1. The summed E-state index contributed by atoms with van der Waals surface area (Å²) in [7, 11) is 1.66. The fraction of sp³-hybridized carbons (Fsp3) is 0.280. The van der Waals surface area contributed by atoms with Gasteiger partial charge in [0.1, 0.15) is 5.75 Å². The largest absolute Gasteiger partial charge is 0.497 e. The van der Waals surface area contributed by atoms with Gasteiger partial charge >= 0.3 is 0 Å². The molecule has 1 heterocycles. The van der Waals surface area contributed by atoms with Crippen LogP contribution in [0.1, 0.15) is 24.8 Å². The molecule has 31 heavy (non-hydrogen) atoms. The second-order valence-corrected chi connectivity index (χ2v) is 7.50. The number of hydrogen-bond donors (Lipinski definition) is 1. The Morgan fingerprint density at radius 3 is 2.42 bits per heavy atom. The van der Waals surface area contributed by atoms with Gasteiger partial charge in [0.15, 0.2) is 0 Å². The van der Waals surface area contributed by atoms with Crippen molar-refractivity contribution in [2.24, 2.45) is 4.99 Å². The van der Waals surface area contributed by atoms with Crippen LogP contribution in [0, 0.1) is 0 Å². The Hall–Kier alpha value is -3.38. The quantitative estimate of drug-likeness (QED) is 0.322. The van der Waals surface area contributed by atoms with Crippen LogP contribution >= 0.6 is 0 Å². The van der Waals surface area contributed by atoms with Crippen LogP contribution in [-0.2, 0) is 11.3 Å². The van der Waals surface area contributed by atoms with E-state index in [1.165, 1.54) is 12.0 Å². The number of aromatic nitrogens is 1. The Labute approximate surface area is 183 Å². The van der Waals surface area contributed by atoms with E-state index in [0.29, 0.717) is 5.96 Å². The van der Waals surface area contributed by atoms with Crippen molar-refractivity contribution in [3.63, 3.8) is 0 Å². The summed E-state index contributed by atoms with van der Waals surface area (Å²) in [5.74, 6) is 1.47. The Morgan fingerprint density at radius 2 is 1.77 bits per heavy atom. The van der Waals surface area contributed by atoms with E-state index < -0.39 is 0 Å². The minimum atomic E-state index is 0.235. The molecule has 0 atom stereocenters. The van der Waals surface area contributed by atoms with Gasteiger partial charge in [0.2, 0.25) is 5.96 Å². The molecule has 2 aromatic carbocycles. The standard InChI is InChI=1S/C25H28N4O2/c1-30-23-12-10-21(11-13-23)27-25(28-31-24-8-5-9-24)29(22-6-3-2-4-7-22)19-16-20-14-17-26-18-15-20/h2-4,6-7,10-15,17-18,24H,5,8-9,16,19H2,1H3,(H,27,28). The van der Waals surface area contributed by atoms with E-state index >= 15 is 0 Å². The van der Waals surface area contributed by atoms with Crippen molar-refractivity contribution in [3.05, 3.63) is 84.7 Å². The van der Waals surface area contributed by atoms with Crippen molar-refractivity contribution in [3.8, 4) is 5.75 Å². The fourth-order valence-corrected chi connectivity index (χ4v) is 3.30. The van der Waals surface area contributed by atoms with Gasteiger partial charge in [-0.25, -0.2) is 10.5 Å². The van der Waals surface area contributed by atoms with Gasteiger partial charge in [-0.1, -0.05) is 18.2 Å². The molecular weight excluding hydrogens is 388 g/mol. The molecule has 0 spiro atoms. The van der Waals surface area contributed by atoms with Gasteiger partial charge in [-0.15, -0.1) is 0 Å². The zero-order chi connectivity index (χ0) is 21.3. The molecular formula is C25H28N4O2. The van der Waals surface area contributed by atoms with Gasteiger partial charge in [-0.05, 0) is 79.8 Å². The molecule has 1 N–H and O–H groups in total. The topological polar surface area (TPSA) is 59.0 Å². The zero-order valence-corrected chi connectivity index (χ0v) is 17.8. The average molecular weight is 417 g/mol. The number of anilines is 1. The lowest BCUT2D eigenvalue weighted by molar-refractivity contribution is -0.0349. The summed E-state index contributed by atoms with van der Waals surface area (Å²) in [6, 6.07) is 22.0. The van der Waals surface area contributed by atoms with Crippen LogP contribution in [0.5, 0.6) is 5.75 Å². The Balaban J connectivity index is 1.62. The third-order valence-electron chi connectivity index (χ3n) is 5.37. The highest BCUT2D eigenvalue weighted by Gasteiger charge is 2.21. The number of benzene rings is 2. The van der Waals surface area contributed by atoms with Gasteiger partial charge in [-0.2, -0.15) is 0 Å². The molecule has 0 radical (unpaired) electrons. The highest BCUT2D eigenvalue weighted by Crippen LogP contribution is 2.23. The van der Waals surface area contributed by atoms with Gasteiger partial charge in [0.25, 0.3) is 0 Å². The minimum absolute atomic E-state index is 0.235. The van der Waals surface area contributed by atoms with E-state index in [4.69, 9.17) is 14.6 Å². The molecule has 1 aliphatic carbocycles. The van der Waals surface area contributed by atoms with E-state index in [1.807, 2.05) is 67.0 Å². The molecule has 6 nitrogen and oxygen atoms in total. The van der Waals surface area contributed by atoms with E-state index in [2.05, 4.69) is 27.5 Å². The first-order chi connectivity index (χ1) is 15.3. The van der Waals surface area contributed by atoms with Crippen molar-refractivity contribution in [1.29, 1.82) is 0 Å². The van der Waals surface area contributed by atoms with Crippen LogP contribution in [0.2, 0.25) is 0 Å². The first kappa shape index (κ1) is 20.9. The summed E-state index contributed by atoms with van der Waals surface area (Å²) >= 11 is 0. The van der Waals surface area contributed by atoms with Crippen molar-refractivity contribution in [1.82, 2.24) is 10.5 Å². The maximum absolute atomic E-state index is 5.95. The third kappa shape index (κ3) is 5.83. The van der Waals surface area contributed by atoms with Crippen molar-refractivity contribution < 1.29 is 9.57 Å². The van der Waals surface area contributed by atoms with Crippen molar-refractivity contribution in [2.75, 3.05) is 18.6 Å². The molecule has 1 saturated carbocycles. The van der Waals surface area contributed by atoms with Crippen molar-refractivity contribution >= 4 is 17.3 Å². The second kappa shape index (κ2) is 10.6. The Bertz CT molecular complexity index is 958. The number of nitrogens with zero attached hydrogens (tertiary/aromatic N) is 3. The minimum Gasteiger partial charge on any atom is -0.497 e. The lowest BCUT2D eigenvalue weighted by Crippen LogP contribution is -2.45. The number of para-hydroxylation sites is 1. The molecule has 3 aromatic rings. The van der Waals surface area contributed by atoms with E-state index in [0.717, 1.165) is 42.9 Å². The monoisotopic (exact) mass is 416 g/mol. The van der Waals surface area contributed by atoms with Crippen molar-refractivity contribution in [2.45, 2.75) is 31.8 Å². The Kier molecular flexibility index (Phi) is 7.13. The normalized spacial score (nSPS) is 14.0. The maximum Gasteiger partial charge on any atom is 0.228 e. The van der Waals surface area contributed by atoms with Crippen LogP contribution in [-0.4, -0.2) is 30.7 Å². The summed E-state index contributed by atoms with van der Waals surface area (Å²) in [4.78, 5) is 17.1. The first-order valence-corrected chi connectivity index (χ1v) is 10.7. The second-order valence-electron chi connectivity index (χ2n) is 7.50.